The van der Waals surface area contributed by atoms with Gasteiger partial charge in [-0.05, 0) is 31.9 Å². The SMILES string of the molecule is Cc1cnc(-c2ccccc2)n1C1CCN(C(=O)c2ccco2)CC1. The molecular formula is C20H21N3O2. The van der Waals surface area contributed by atoms with Gasteiger partial charge in [0.25, 0.3) is 5.91 Å². The van der Waals surface area contributed by atoms with Crippen molar-refractivity contribution in [3.63, 3.8) is 0 Å². The molecule has 0 aliphatic carbocycles. The largest absolute Gasteiger partial charge is 0.459 e. The summed E-state index contributed by atoms with van der Waals surface area (Å²) in [6.45, 7) is 3.56. The highest BCUT2D eigenvalue weighted by atomic mass is 16.3. The molecule has 3 heterocycles. The molecule has 4 rings (SSSR count). The number of nitrogens with zero attached hydrogens (tertiary/aromatic N) is 3. The Kier molecular flexibility index (Phi) is 4.14. The molecule has 5 nitrogen and oxygen atoms in total. The second-order valence-corrected chi connectivity index (χ2v) is 6.46. The summed E-state index contributed by atoms with van der Waals surface area (Å²) in [4.78, 5) is 18.9. The van der Waals surface area contributed by atoms with Gasteiger partial charge in [0.2, 0.25) is 0 Å². The van der Waals surface area contributed by atoms with Crippen molar-refractivity contribution >= 4 is 5.91 Å². The quantitative estimate of drug-likeness (QED) is 0.729. The topological polar surface area (TPSA) is 51.3 Å². The van der Waals surface area contributed by atoms with Gasteiger partial charge < -0.3 is 13.9 Å². The fraction of sp³-hybridized carbons (Fsp3) is 0.300. The second-order valence-electron chi connectivity index (χ2n) is 6.46. The average molecular weight is 335 g/mol. The Hall–Kier alpha value is -2.82. The number of likely N-dealkylation sites (tertiary alicyclic amines) is 1. The minimum Gasteiger partial charge on any atom is -0.459 e. The molecule has 0 radical (unpaired) electrons. The monoisotopic (exact) mass is 335 g/mol. The molecule has 1 amide bonds. The zero-order chi connectivity index (χ0) is 17.2. The number of hydrogen-bond acceptors (Lipinski definition) is 3. The molecule has 0 atom stereocenters. The van der Waals surface area contributed by atoms with E-state index in [1.54, 1.807) is 18.4 Å². The first-order valence-electron chi connectivity index (χ1n) is 8.66. The number of hydrogen-bond donors (Lipinski definition) is 0. The molecule has 2 aromatic heterocycles. The molecule has 0 spiro atoms. The molecule has 25 heavy (non-hydrogen) atoms. The van der Waals surface area contributed by atoms with Crippen LogP contribution in [0, 0.1) is 6.92 Å². The summed E-state index contributed by atoms with van der Waals surface area (Å²) in [5.41, 5.74) is 2.29. The predicted octanol–water partition coefficient (Wildman–Crippen LogP) is 3.93. The fourth-order valence-corrected chi connectivity index (χ4v) is 3.59. The lowest BCUT2D eigenvalue weighted by Crippen LogP contribution is -2.39. The van der Waals surface area contributed by atoms with Gasteiger partial charge in [0.15, 0.2) is 5.76 Å². The summed E-state index contributed by atoms with van der Waals surface area (Å²) in [6, 6.07) is 14.1. The first kappa shape index (κ1) is 15.7. The van der Waals surface area contributed by atoms with Gasteiger partial charge in [-0.2, -0.15) is 0 Å². The third-order valence-electron chi connectivity index (χ3n) is 4.86. The van der Waals surface area contributed by atoms with Crippen molar-refractivity contribution in [1.29, 1.82) is 0 Å². The van der Waals surface area contributed by atoms with Crippen LogP contribution in [-0.2, 0) is 0 Å². The van der Waals surface area contributed by atoms with Crippen LogP contribution in [0.2, 0.25) is 0 Å². The molecule has 0 bridgehead atoms. The van der Waals surface area contributed by atoms with Gasteiger partial charge in [-0.1, -0.05) is 30.3 Å². The van der Waals surface area contributed by atoms with Gasteiger partial charge in [-0.15, -0.1) is 0 Å². The number of carbonyl (C=O) groups is 1. The van der Waals surface area contributed by atoms with Crippen LogP contribution in [0.4, 0.5) is 0 Å². The van der Waals surface area contributed by atoms with Crippen LogP contribution in [0.25, 0.3) is 11.4 Å². The Morgan fingerprint density at radius 1 is 1.12 bits per heavy atom. The minimum atomic E-state index is -0.0194. The minimum absolute atomic E-state index is 0.0194. The molecule has 1 saturated heterocycles. The van der Waals surface area contributed by atoms with E-state index in [0.717, 1.165) is 43.0 Å². The van der Waals surface area contributed by atoms with E-state index >= 15 is 0 Å². The van der Waals surface area contributed by atoms with Crippen molar-refractivity contribution in [1.82, 2.24) is 14.5 Å². The van der Waals surface area contributed by atoms with Gasteiger partial charge in [-0.3, -0.25) is 4.79 Å². The molecule has 1 aliphatic rings. The standard InChI is InChI=1S/C20H21N3O2/c1-15-14-21-19(16-6-3-2-4-7-16)23(15)17-9-11-22(12-10-17)20(24)18-8-5-13-25-18/h2-8,13-14,17H,9-12H2,1H3. The third kappa shape index (κ3) is 2.97. The molecule has 1 aliphatic heterocycles. The highest BCUT2D eigenvalue weighted by Gasteiger charge is 2.27. The summed E-state index contributed by atoms with van der Waals surface area (Å²) < 4.78 is 7.56. The van der Waals surface area contributed by atoms with E-state index in [9.17, 15) is 4.79 Å². The number of carbonyl (C=O) groups excluding carboxylic acids is 1. The lowest BCUT2D eigenvalue weighted by atomic mass is 10.0. The molecule has 0 unspecified atom stereocenters. The van der Waals surface area contributed by atoms with Gasteiger partial charge in [0, 0.05) is 36.6 Å². The lowest BCUT2D eigenvalue weighted by Gasteiger charge is -2.33. The first-order valence-corrected chi connectivity index (χ1v) is 8.66. The summed E-state index contributed by atoms with van der Waals surface area (Å²) in [6.07, 6.45) is 5.32. The van der Waals surface area contributed by atoms with Crippen molar-refractivity contribution in [3.05, 3.63) is 66.4 Å². The van der Waals surface area contributed by atoms with Gasteiger partial charge in [0.1, 0.15) is 5.82 Å². The van der Waals surface area contributed by atoms with E-state index in [1.165, 1.54) is 0 Å². The van der Waals surface area contributed by atoms with Crippen LogP contribution in [0.5, 0.6) is 0 Å². The maximum Gasteiger partial charge on any atom is 0.289 e. The molecule has 3 aromatic rings. The Morgan fingerprint density at radius 3 is 2.56 bits per heavy atom. The molecule has 0 saturated carbocycles. The Labute approximate surface area is 146 Å². The van der Waals surface area contributed by atoms with Crippen LogP contribution < -0.4 is 0 Å². The highest BCUT2D eigenvalue weighted by molar-refractivity contribution is 5.91. The number of furan rings is 1. The predicted molar refractivity (Wildman–Crippen MR) is 95.3 cm³/mol. The average Bonchev–Trinajstić information content (AvgIpc) is 3.32. The first-order chi connectivity index (χ1) is 12.2. The number of imidazole rings is 1. The number of rotatable bonds is 3. The Bertz CT molecular complexity index is 844. The number of aromatic nitrogens is 2. The van der Waals surface area contributed by atoms with Crippen molar-refractivity contribution in [2.75, 3.05) is 13.1 Å². The Morgan fingerprint density at radius 2 is 1.88 bits per heavy atom. The van der Waals surface area contributed by atoms with Crippen LogP contribution in [-0.4, -0.2) is 33.4 Å². The van der Waals surface area contributed by atoms with Crippen molar-refractivity contribution in [3.8, 4) is 11.4 Å². The van der Waals surface area contributed by atoms with Crippen LogP contribution in [0.1, 0.15) is 35.1 Å². The summed E-state index contributed by atoms with van der Waals surface area (Å²) in [5, 5.41) is 0. The van der Waals surface area contributed by atoms with E-state index in [1.807, 2.05) is 29.3 Å². The van der Waals surface area contributed by atoms with Crippen LogP contribution >= 0.6 is 0 Å². The normalized spacial score (nSPS) is 15.5. The number of amides is 1. The maximum absolute atomic E-state index is 12.4. The van der Waals surface area contributed by atoms with Crippen molar-refractivity contribution in [2.24, 2.45) is 0 Å². The number of piperidine rings is 1. The summed E-state index contributed by atoms with van der Waals surface area (Å²) >= 11 is 0. The maximum atomic E-state index is 12.4. The molecule has 1 fully saturated rings. The van der Waals surface area contributed by atoms with Crippen molar-refractivity contribution in [2.45, 2.75) is 25.8 Å². The molecule has 128 valence electrons. The van der Waals surface area contributed by atoms with Gasteiger partial charge in [-0.25, -0.2) is 4.98 Å². The van der Waals surface area contributed by atoms with E-state index in [4.69, 9.17) is 4.42 Å². The van der Waals surface area contributed by atoms with Crippen LogP contribution in [0.15, 0.2) is 59.3 Å². The lowest BCUT2D eigenvalue weighted by molar-refractivity contribution is 0.0662. The fourth-order valence-electron chi connectivity index (χ4n) is 3.59. The van der Waals surface area contributed by atoms with E-state index in [-0.39, 0.29) is 5.91 Å². The number of benzene rings is 1. The van der Waals surface area contributed by atoms with E-state index < -0.39 is 0 Å². The van der Waals surface area contributed by atoms with Gasteiger partial charge in [0.05, 0.1) is 6.26 Å². The highest BCUT2D eigenvalue weighted by Crippen LogP contribution is 2.30. The van der Waals surface area contributed by atoms with Crippen LogP contribution in [0.3, 0.4) is 0 Å². The third-order valence-corrected chi connectivity index (χ3v) is 4.86. The van der Waals surface area contributed by atoms with E-state index in [0.29, 0.717) is 11.8 Å². The van der Waals surface area contributed by atoms with E-state index in [2.05, 4.69) is 28.6 Å². The zero-order valence-corrected chi connectivity index (χ0v) is 14.3. The zero-order valence-electron chi connectivity index (χ0n) is 14.3. The molecular weight excluding hydrogens is 314 g/mol. The number of aryl methyl sites for hydroxylation is 1. The smallest absolute Gasteiger partial charge is 0.289 e. The van der Waals surface area contributed by atoms with Gasteiger partial charge >= 0.3 is 0 Å². The summed E-state index contributed by atoms with van der Waals surface area (Å²) in [5.74, 6) is 1.41. The Balaban J connectivity index is 1.52. The summed E-state index contributed by atoms with van der Waals surface area (Å²) in [7, 11) is 0. The van der Waals surface area contributed by atoms with Crippen molar-refractivity contribution < 1.29 is 9.21 Å². The molecule has 5 heteroatoms. The molecule has 0 N–H and O–H groups in total. The second kappa shape index (κ2) is 6.59. The molecule has 1 aromatic carbocycles.